The van der Waals surface area contributed by atoms with Crippen LogP contribution in [0.2, 0.25) is 0 Å². The lowest BCUT2D eigenvalue weighted by Gasteiger charge is -2.36. The molecule has 2 aromatic rings. The summed E-state index contributed by atoms with van der Waals surface area (Å²) in [4.78, 5) is 33.3. The minimum Gasteiger partial charge on any atom is -0.497 e. The van der Waals surface area contributed by atoms with Gasteiger partial charge in [-0.3, -0.25) is 9.59 Å². The first-order chi connectivity index (χ1) is 17.7. The summed E-state index contributed by atoms with van der Waals surface area (Å²) in [7, 11) is 1.61. The average Bonchev–Trinajstić information content (AvgIpc) is 3.24. The van der Waals surface area contributed by atoms with Crippen LogP contribution in [0.3, 0.4) is 0 Å². The lowest BCUT2D eigenvalue weighted by Crippen LogP contribution is -2.39. The van der Waals surface area contributed by atoms with Crippen LogP contribution >= 0.6 is 11.8 Å². The lowest BCUT2D eigenvalue weighted by atomic mass is 9.91. The number of anilines is 1. The standard InChI is InChI=1S/C29H34N4O3S/c1-17(2)20-7-9-21(10-8-20)27-26(28(35)32-22-11-13-24(36-6)14-12-22)19(5)31-29-33(27)23(16-37-29)15-25(34)30-18(3)4/h7-14,16-18,27H,15H2,1-6H3,(H,30,34)(H,32,35)/t27-/m1/s1. The number of hydrogen-bond donors (Lipinski definition) is 2. The van der Waals surface area contributed by atoms with Gasteiger partial charge in [0.2, 0.25) is 5.91 Å². The van der Waals surface area contributed by atoms with Gasteiger partial charge in [-0.25, -0.2) is 4.99 Å². The molecule has 2 amide bonds. The number of thioether (sulfide) groups is 1. The van der Waals surface area contributed by atoms with E-state index >= 15 is 0 Å². The molecule has 2 aliphatic rings. The Bertz CT molecular complexity index is 1260. The third-order valence-electron chi connectivity index (χ3n) is 6.30. The largest absolute Gasteiger partial charge is 0.497 e. The Kier molecular flexibility index (Phi) is 8.07. The van der Waals surface area contributed by atoms with Crippen molar-refractivity contribution in [3.63, 3.8) is 0 Å². The fourth-order valence-corrected chi connectivity index (χ4v) is 5.41. The third kappa shape index (κ3) is 5.91. The third-order valence-corrected chi connectivity index (χ3v) is 7.19. The summed E-state index contributed by atoms with van der Waals surface area (Å²) >= 11 is 1.48. The Balaban J connectivity index is 1.72. The number of allylic oxidation sites excluding steroid dienone is 1. The average molecular weight is 519 g/mol. The molecule has 0 aromatic heterocycles. The molecule has 0 saturated heterocycles. The number of rotatable bonds is 8. The van der Waals surface area contributed by atoms with Crippen LogP contribution < -0.4 is 15.4 Å². The summed E-state index contributed by atoms with van der Waals surface area (Å²) in [5.41, 5.74) is 4.88. The minimum atomic E-state index is -0.417. The van der Waals surface area contributed by atoms with Crippen molar-refractivity contribution in [2.75, 3.05) is 12.4 Å². The van der Waals surface area contributed by atoms with E-state index in [0.717, 1.165) is 16.4 Å². The van der Waals surface area contributed by atoms with Gasteiger partial charge in [0, 0.05) is 17.4 Å². The molecule has 2 aromatic carbocycles. The molecule has 194 valence electrons. The maximum atomic E-state index is 13.8. The Labute approximate surface area is 223 Å². The number of nitrogens with one attached hydrogen (secondary N) is 2. The van der Waals surface area contributed by atoms with Crippen LogP contribution in [0.15, 0.2) is 75.9 Å². The molecule has 7 nitrogen and oxygen atoms in total. The summed E-state index contributed by atoms with van der Waals surface area (Å²) < 4.78 is 5.24. The molecular weight excluding hydrogens is 484 g/mol. The zero-order valence-corrected chi connectivity index (χ0v) is 23.0. The van der Waals surface area contributed by atoms with Crippen LogP contribution in [-0.4, -0.2) is 35.0 Å². The molecule has 2 N–H and O–H groups in total. The van der Waals surface area contributed by atoms with Crippen LogP contribution in [0.4, 0.5) is 5.69 Å². The van der Waals surface area contributed by atoms with E-state index in [1.54, 1.807) is 19.2 Å². The van der Waals surface area contributed by atoms with Gasteiger partial charge in [-0.15, -0.1) is 0 Å². The van der Waals surface area contributed by atoms with Crippen molar-refractivity contribution in [1.29, 1.82) is 0 Å². The predicted octanol–water partition coefficient (Wildman–Crippen LogP) is 5.95. The van der Waals surface area contributed by atoms with Crippen LogP contribution in [-0.2, 0) is 9.59 Å². The number of amidine groups is 1. The van der Waals surface area contributed by atoms with Gasteiger partial charge >= 0.3 is 0 Å². The van der Waals surface area contributed by atoms with E-state index in [1.807, 2.05) is 43.2 Å². The monoisotopic (exact) mass is 518 g/mol. The van der Waals surface area contributed by atoms with Crippen molar-refractivity contribution < 1.29 is 14.3 Å². The number of fused-ring (bicyclic) bond motifs is 1. The van der Waals surface area contributed by atoms with E-state index in [9.17, 15) is 9.59 Å². The zero-order chi connectivity index (χ0) is 26.7. The molecule has 0 fully saturated rings. The van der Waals surface area contributed by atoms with Crippen molar-refractivity contribution in [2.24, 2.45) is 4.99 Å². The summed E-state index contributed by atoms with van der Waals surface area (Å²) in [5, 5.41) is 8.73. The molecule has 4 rings (SSSR count). The molecule has 0 radical (unpaired) electrons. The first kappa shape index (κ1) is 26.5. The maximum absolute atomic E-state index is 13.8. The van der Waals surface area contributed by atoms with Gasteiger partial charge in [0.15, 0.2) is 5.17 Å². The van der Waals surface area contributed by atoms with E-state index in [0.29, 0.717) is 28.6 Å². The van der Waals surface area contributed by atoms with Crippen LogP contribution in [0, 0.1) is 0 Å². The van der Waals surface area contributed by atoms with Gasteiger partial charge in [-0.1, -0.05) is 49.9 Å². The second-order valence-corrected chi connectivity index (χ2v) is 10.6. The highest BCUT2D eigenvalue weighted by Gasteiger charge is 2.40. The van der Waals surface area contributed by atoms with E-state index in [2.05, 4.69) is 48.7 Å². The fraction of sp³-hybridized carbons (Fsp3) is 0.345. The van der Waals surface area contributed by atoms with Gasteiger partial charge in [0.25, 0.3) is 5.91 Å². The minimum absolute atomic E-state index is 0.0454. The second-order valence-electron chi connectivity index (χ2n) is 9.80. The van der Waals surface area contributed by atoms with E-state index in [4.69, 9.17) is 9.73 Å². The molecule has 8 heteroatoms. The van der Waals surface area contributed by atoms with Gasteiger partial charge < -0.3 is 20.3 Å². The van der Waals surface area contributed by atoms with Gasteiger partial charge in [0.1, 0.15) is 5.75 Å². The summed E-state index contributed by atoms with van der Waals surface area (Å²) in [6.07, 6.45) is 0.206. The summed E-state index contributed by atoms with van der Waals surface area (Å²) in [5.74, 6) is 0.816. The number of methoxy groups -OCH3 is 1. The number of ether oxygens (including phenoxy) is 1. The Morgan fingerprint density at radius 2 is 1.73 bits per heavy atom. The summed E-state index contributed by atoms with van der Waals surface area (Å²) in [6, 6.07) is 15.2. The van der Waals surface area contributed by atoms with Crippen LogP contribution in [0.1, 0.15) is 64.1 Å². The molecule has 2 heterocycles. The smallest absolute Gasteiger partial charge is 0.255 e. The highest BCUT2D eigenvalue weighted by molar-refractivity contribution is 8.16. The number of benzene rings is 2. The SMILES string of the molecule is COc1ccc(NC(=O)C2=C(C)N=C3SC=C(CC(=O)NC(C)C)N3[C@@H]2c2ccc(C(C)C)cc2)cc1. The topological polar surface area (TPSA) is 83.0 Å². The number of carbonyl (C=O) groups excluding carboxylic acids is 2. The first-order valence-corrected chi connectivity index (χ1v) is 13.3. The predicted molar refractivity (Wildman–Crippen MR) is 150 cm³/mol. The van der Waals surface area contributed by atoms with E-state index < -0.39 is 6.04 Å². The van der Waals surface area contributed by atoms with Crippen molar-refractivity contribution in [3.8, 4) is 5.75 Å². The molecule has 0 aliphatic carbocycles. The quantitative estimate of drug-likeness (QED) is 0.451. The number of nitrogens with zero attached hydrogens (tertiary/aromatic N) is 2. The fourth-order valence-electron chi connectivity index (χ4n) is 4.45. The molecule has 0 unspecified atom stereocenters. The number of carbonyl (C=O) groups is 2. The second kappa shape index (κ2) is 11.3. The van der Waals surface area contributed by atoms with Gasteiger partial charge in [-0.2, -0.15) is 0 Å². The summed E-state index contributed by atoms with van der Waals surface area (Å²) in [6.45, 7) is 10.1. The Morgan fingerprint density at radius 3 is 2.32 bits per heavy atom. The lowest BCUT2D eigenvalue weighted by molar-refractivity contribution is -0.121. The normalized spacial score (nSPS) is 17.0. The van der Waals surface area contributed by atoms with Crippen molar-refractivity contribution in [3.05, 3.63) is 82.0 Å². The molecule has 0 saturated carbocycles. The van der Waals surface area contributed by atoms with Gasteiger partial charge in [-0.05, 0) is 67.5 Å². The molecule has 1 atom stereocenters. The van der Waals surface area contributed by atoms with Gasteiger partial charge in [0.05, 0.1) is 30.8 Å². The highest BCUT2D eigenvalue weighted by Crippen LogP contribution is 2.45. The van der Waals surface area contributed by atoms with Crippen molar-refractivity contribution >= 4 is 34.4 Å². The number of amides is 2. The first-order valence-electron chi connectivity index (χ1n) is 12.5. The van der Waals surface area contributed by atoms with Crippen LogP contribution in [0.25, 0.3) is 0 Å². The van der Waals surface area contributed by atoms with E-state index in [-0.39, 0.29) is 24.3 Å². The molecule has 37 heavy (non-hydrogen) atoms. The molecular formula is C29H34N4O3S. The Morgan fingerprint density at radius 1 is 1.05 bits per heavy atom. The number of aliphatic imine (C=N–C) groups is 1. The Hall–Kier alpha value is -3.52. The van der Waals surface area contributed by atoms with Crippen LogP contribution in [0.5, 0.6) is 5.75 Å². The number of hydrogen-bond acceptors (Lipinski definition) is 6. The van der Waals surface area contributed by atoms with E-state index in [1.165, 1.54) is 17.3 Å². The maximum Gasteiger partial charge on any atom is 0.255 e. The molecule has 0 spiro atoms. The zero-order valence-electron chi connectivity index (χ0n) is 22.2. The molecule has 0 bridgehead atoms. The van der Waals surface area contributed by atoms with Crippen molar-refractivity contribution in [2.45, 2.75) is 59.0 Å². The van der Waals surface area contributed by atoms with Crippen molar-refractivity contribution in [1.82, 2.24) is 10.2 Å². The highest BCUT2D eigenvalue weighted by atomic mass is 32.2. The molecule has 2 aliphatic heterocycles.